The van der Waals surface area contributed by atoms with Gasteiger partial charge in [0, 0.05) is 24.7 Å². The van der Waals surface area contributed by atoms with Crippen LogP contribution < -0.4 is 16.4 Å². The smallest absolute Gasteiger partial charge is 0.248 e. The van der Waals surface area contributed by atoms with Gasteiger partial charge in [-0.1, -0.05) is 38.8 Å². The van der Waals surface area contributed by atoms with Crippen molar-refractivity contribution in [3.8, 4) is 0 Å². The molecule has 1 amide bonds. The van der Waals surface area contributed by atoms with Crippen LogP contribution in [0.25, 0.3) is 0 Å². The van der Waals surface area contributed by atoms with Crippen molar-refractivity contribution in [1.82, 2.24) is 15.5 Å². The first kappa shape index (κ1) is 22.2. The Kier molecular flexibility index (Phi) is 9.28. The number of carbonyl (C=O) groups excluding carboxylic acids is 1. The summed E-state index contributed by atoms with van der Waals surface area (Å²) in [6.07, 6.45) is 5.32. The lowest BCUT2D eigenvalue weighted by Crippen LogP contribution is -2.49. The highest BCUT2D eigenvalue weighted by atomic mass is 16.1. The van der Waals surface area contributed by atoms with E-state index in [2.05, 4.69) is 36.3 Å². The number of amides is 1. The minimum Gasteiger partial charge on any atom is -0.366 e. The number of primary amides is 1. The Hall–Kier alpha value is -2.08. The molecule has 1 aliphatic heterocycles. The lowest BCUT2D eigenvalue weighted by Gasteiger charge is -2.34. The average molecular weight is 388 g/mol. The highest BCUT2D eigenvalue weighted by Gasteiger charge is 2.22. The number of aliphatic imine (C=N–C) groups is 1. The molecule has 1 fully saturated rings. The molecule has 0 aromatic heterocycles. The fourth-order valence-corrected chi connectivity index (χ4v) is 3.70. The van der Waals surface area contributed by atoms with E-state index in [1.807, 2.05) is 12.1 Å². The molecular weight excluding hydrogens is 350 g/mol. The third kappa shape index (κ3) is 7.15. The van der Waals surface area contributed by atoms with Gasteiger partial charge in [0.1, 0.15) is 0 Å². The van der Waals surface area contributed by atoms with E-state index in [9.17, 15) is 4.79 Å². The van der Waals surface area contributed by atoms with Crippen molar-refractivity contribution in [2.45, 2.75) is 59.0 Å². The van der Waals surface area contributed by atoms with Crippen LogP contribution in [0.5, 0.6) is 0 Å². The first-order valence-electron chi connectivity index (χ1n) is 10.7. The zero-order valence-electron chi connectivity index (χ0n) is 17.7. The molecule has 1 aromatic rings. The monoisotopic (exact) mass is 387 g/mol. The number of hydrogen-bond donors (Lipinski definition) is 3. The van der Waals surface area contributed by atoms with E-state index in [1.54, 1.807) is 12.1 Å². The molecule has 0 radical (unpaired) electrons. The van der Waals surface area contributed by atoms with E-state index in [0.29, 0.717) is 24.1 Å². The van der Waals surface area contributed by atoms with Crippen molar-refractivity contribution in [3.05, 3.63) is 35.4 Å². The molecule has 0 aliphatic carbocycles. The van der Waals surface area contributed by atoms with Gasteiger partial charge >= 0.3 is 0 Å². The van der Waals surface area contributed by atoms with Crippen molar-refractivity contribution in [2.24, 2.45) is 16.6 Å². The number of nitrogens with one attached hydrogen (secondary N) is 2. The van der Waals surface area contributed by atoms with Gasteiger partial charge in [0.2, 0.25) is 5.91 Å². The summed E-state index contributed by atoms with van der Waals surface area (Å²) in [6, 6.07) is 7.82. The number of hydrogen-bond acceptors (Lipinski definition) is 3. The molecule has 6 nitrogen and oxygen atoms in total. The molecule has 2 rings (SSSR count). The van der Waals surface area contributed by atoms with Crippen LogP contribution in [0, 0.1) is 5.92 Å². The molecule has 1 aliphatic rings. The second kappa shape index (κ2) is 11.7. The van der Waals surface area contributed by atoms with Gasteiger partial charge in [-0.25, -0.2) is 4.99 Å². The van der Waals surface area contributed by atoms with Crippen molar-refractivity contribution in [3.63, 3.8) is 0 Å². The topological polar surface area (TPSA) is 82.7 Å². The highest BCUT2D eigenvalue weighted by molar-refractivity contribution is 5.92. The summed E-state index contributed by atoms with van der Waals surface area (Å²) in [5.74, 6) is 1.02. The summed E-state index contributed by atoms with van der Waals surface area (Å²) in [4.78, 5) is 18.6. The molecule has 1 unspecified atom stereocenters. The number of carbonyl (C=O) groups is 1. The molecule has 4 N–H and O–H groups in total. The Bertz CT molecular complexity index is 618. The molecule has 0 saturated carbocycles. The molecule has 0 bridgehead atoms. The zero-order valence-corrected chi connectivity index (χ0v) is 17.7. The van der Waals surface area contributed by atoms with Crippen LogP contribution in [-0.2, 0) is 6.54 Å². The van der Waals surface area contributed by atoms with Crippen LogP contribution in [0.4, 0.5) is 0 Å². The summed E-state index contributed by atoms with van der Waals surface area (Å²) >= 11 is 0. The molecule has 156 valence electrons. The third-order valence-electron chi connectivity index (χ3n) is 5.36. The molecule has 1 atom stereocenters. The second-order valence-corrected chi connectivity index (χ2v) is 7.90. The molecule has 28 heavy (non-hydrogen) atoms. The van der Waals surface area contributed by atoms with Gasteiger partial charge in [0.05, 0.1) is 6.54 Å². The van der Waals surface area contributed by atoms with E-state index in [-0.39, 0.29) is 0 Å². The fraction of sp³-hybridized carbons (Fsp3) is 0.636. The third-order valence-corrected chi connectivity index (χ3v) is 5.36. The second-order valence-electron chi connectivity index (χ2n) is 7.90. The lowest BCUT2D eigenvalue weighted by molar-refractivity contribution is 0.100. The summed E-state index contributed by atoms with van der Waals surface area (Å²) in [5.41, 5.74) is 6.87. The summed E-state index contributed by atoms with van der Waals surface area (Å²) in [7, 11) is 0. The standard InChI is InChI=1S/C22H37N5O/c1-4-24-22(25-15-18-9-11-19(12-10-18)21(23)28)26-16-20(17(2)3)27-13-7-5-6-8-14-27/h9-12,17,20H,4-8,13-16H2,1-3H3,(H2,23,28)(H2,24,25,26). The summed E-state index contributed by atoms with van der Waals surface area (Å²) < 4.78 is 0. The van der Waals surface area contributed by atoms with Gasteiger partial charge in [-0.05, 0) is 56.5 Å². The van der Waals surface area contributed by atoms with Crippen LogP contribution >= 0.6 is 0 Å². The van der Waals surface area contributed by atoms with Gasteiger partial charge in [0.15, 0.2) is 5.96 Å². The Morgan fingerprint density at radius 2 is 1.75 bits per heavy atom. The van der Waals surface area contributed by atoms with Gasteiger partial charge in [-0.3, -0.25) is 9.69 Å². The van der Waals surface area contributed by atoms with Crippen LogP contribution in [0.15, 0.2) is 29.3 Å². The summed E-state index contributed by atoms with van der Waals surface area (Å²) in [6.45, 7) is 11.4. The molecule has 1 aromatic carbocycles. The first-order valence-corrected chi connectivity index (χ1v) is 10.7. The van der Waals surface area contributed by atoms with E-state index in [0.717, 1.165) is 24.6 Å². The van der Waals surface area contributed by atoms with Gasteiger partial charge < -0.3 is 16.4 Å². The number of nitrogens with zero attached hydrogens (tertiary/aromatic N) is 2. The maximum Gasteiger partial charge on any atom is 0.248 e. The quantitative estimate of drug-likeness (QED) is 0.473. The molecular formula is C22H37N5O. The first-order chi connectivity index (χ1) is 13.5. The number of guanidine groups is 1. The number of rotatable bonds is 8. The van der Waals surface area contributed by atoms with E-state index >= 15 is 0 Å². The van der Waals surface area contributed by atoms with Gasteiger partial charge in [-0.2, -0.15) is 0 Å². The molecule has 6 heteroatoms. The Labute approximate surface area is 170 Å². The van der Waals surface area contributed by atoms with Crippen molar-refractivity contribution in [1.29, 1.82) is 0 Å². The average Bonchev–Trinajstić information content (AvgIpc) is 2.95. The van der Waals surface area contributed by atoms with E-state index < -0.39 is 5.91 Å². The zero-order chi connectivity index (χ0) is 20.4. The summed E-state index contributed by atoms with van der Waals surface area (Å²) in [5, 5.41) is 6.88. The van der Waals surface area contributed by atoms with E-state index in [1.165, 1.54) is 38.8 Å². The number of likely N-dealkylation sites (tertiary alicyclic amines) is 1. The van der Waals surface area contributed by atoms with Crippen molar-refractivity contribution < 1.29 is 4.79 Å². The SMILES string of the molecule is CCNC(=NCc1ccc(C(N)=O)cc1)NCC(C(C)C)N1CCCCCC1. The van der Waals surface area contributed by atoms with Crippen LogP contribution in [0.2, 0.25) is 0 Å². The Morgan fingerprint density at radius 3 is 2.29 bits per heavy atom. The van der Waals surface area contributed by atoms with Crippen molar-refractivity contribution in [2.75, 3.05) is 26.2 Å². The van der Waals surface area contributed by atoms with Crippen LogP contribution in [-0.4, -0.2) is 49.0 Å². The minimum absolute atomic E-state index is 0.404. The largest absolute Gasteiger partial charge is 0.366 e. The predicted molar refractivity (Wildman–Crippen MR) is 116 cm³/mol. The molecule has 0 spiro atoms. The maximum atomic E-state index is 11.2. The lowest BCUT2D eigenvalue weighted by atomic mass is 10.0. The van der Waals surface area contributed by atoms with Crippen LogP contribution in [0.3, 0.4) is 0 Å². The minimum atomic E-state index is -0.404. The van der Waals surface area contributed by atoms with E-state index in [4.69, 9.17) is 10.7 Å². The Balaban J connectivity index is 1.97. The van der Waals surface area contributed by atoms with Crippen LogP contribution in [0.1, 0.15) is 62.4 Å². The number of benzene rings is 1. The molecule has 1 heterocycles. The normalized spacial score (nSPS) is 17.2. The number of nitrogens with two attached hydrogens (primary N) is 1. The Morgan fingerprint density at radius 1 is 1.11 bits per heavy atom. The highest BCUT2D eigenvalue weighted by Crippen LogP contribution is 2.17. The van der Waals surface area contributed by atoms with Gasteiger partial charge in [-0.15, -0.1) is 0 Å². The predicted octanol–water partition coefficient (Wildman–Crippen LogP) is 2.74. The molecule has 1 saturated heterocycles. The fourth-order valence-electron chi connectivity index (χ4n) is 3.70. The van der Waals surface area contributed by atoms with Gasteiger partial charge in [0.25, 0.3) is 0 Å². The maximum absolute atomic E-state index is 11.2. The van der Waals surface area contributed by atoms with Crippen molar-refractivity contribution >= 4 is 11.9 Å².